The summed E-state index contributed by atoms with van der Waals surface area (Å²) in [7, 11) is 0. The number of rotatable bonds is 2. The third kappa shape index (κ3) is 1.19. The van der Waals surface area contributed by atoms with Crippen molar-refractivity contribution in [3.8, 4) is 11.3 Å². The molecule has 3 rings (SSSR count). The van der Waals surface area contributed by atoms with E-state index in [1.165, 1.54) is 5.56 Å². The summed E-state index contributed by atoms with van der Waals surface area (Å²) >= 11 is 1.69. The molecule has 2 aromatic heterocycles. The molecule has 0 aromatic carbocycles. The van der Waals surface area contributed by atoms with Gasteiger partial charge in [0, 0.05) is 10.9 Å². The molecule has 1 aliphatic rings. The van der Waals surface area contributed by atoms with Gasteiger partial charge in [0.25, 0.3) is 0 Å². The van der Waals surface area contributed by atoms with Crippen molar-refractivity contribution >= 4 is 11.3 Å². The number of nitrogens with two attached hydrogens (primary N) is 1. The Morgan fingerprint density at radius 1 is 1.50 bits per heavy atom. The number of thiophene rings is 1. The van der Waals surface area contributed by atoms with Crippen molar-refractivity contribution in [2.75, 3.05) is 0 Å². The first-order valence-corrected chi connectivity index (χ1v) is 5.59. The molecule has 1 aliphatic carbocycles. The van der Waals surface area contributed by atoms with Gasteiger partial charge in [-0.3, -0.25) is 0 Å². The van der Waals surface area contributed by atoms with Crippen LogP contribution in [-0.2, 0) is 5.54 Å². The van der Waals surface area contributed by atoms with Gasteiger partial charge in [0.05, 0.1) is 17.4 Å². The van der Waals surface area contributed by atoms with E-state index < -0.39 is 0 Å². The molecule has 0 atom stereocenters. The van der Waals surface area contributed by atoms with E-state index >= 15 is 0 Å². The molecule has 0 amide bonds. The minimum absolute atomic E-state index is 0.158. The molecular formula is C10H11N3S. The van der Waals surface area contributed by atoms with Crippen molar-refractivity contribution in [3.05, 3.63) is 28.8 Å². The maximum absolute atomic E-state index is 6.04. The van der Waals surface area contributed by atoms with E-state index in [1.54, 1.807) is 11.3 Å². The van der Waals surface area contributed by atoms with Crippen LogP contribution in [0, 0.1) is 0 Å². The third-order valence-electron chi connectivity index (χ3n) is 2.67. The Morgan fingerprint density at radius 2 is 2.36 bits per heavy atom. The third-order valence-corrected chi connectivity index (χ3v) is 3.35. The van der Waals surface area contributed by atoms with Gasteiger partial charge in [-0.25, -0.2) is 4.98 Å². The molecule has 1 fully saturated rings. The van der Waals surface area contributed by atoms with E-state index in [0.717, 1.165) is 24.4 Å². The lowest BCUT2D eigenvalue weighted by molar-refractivity contribution is 0.685. The standard InChI is InChI=1S/C10H11N3S/c11-10(2-3-10)9-12-5-8(13-9)7-1-4-14-6-7/h1,4-6H,2-3,11H2,(H,12,13). The fraction of sp³-hybridized carbons (Fsp3) is 0.300. The van der Waals surface area contributed by atoms with Crippen LogP contribution < -0.4 is 5.73 Å². The Labute approximate surface area is 86.0 Å². The van der Waals surface area contributed by atoms with Crippen molar-refractivity contribution in [2.45, 2.75) is 18.4 Å². The van der Waals surface area contributed by atoms with Crippen LogP contribution in [0.5, 0.6) is 0 Å². The Morgan fingerprint density at radius 3 is 3.00 bits per heavy atom. The fourth-order valence-corrected chi connectivity index (χ4v) is 2.17. The predicted octanol–water partition coefficient (Wildman–Crippen LogP) is 2.09. The highest BCUT2D eigenvalue weighted by molar-refractivity contribution is 7.08. The van der Waals surface area contributed by atoms with Crippen LogP contribution in [0.25, 0.3) is 11.3 Å². The maximum Gasteiger partial charge on any atom is 0.126 e. The Hall–Kier alpha value is -1.13. The van der Waals surface area contributed by atoms with E-state index in [-0.39, 0.29) is 5.54 Å². The molecule has 0 spiro atoms. The molecule has 0 bridgehead atoms. The summed E-state index contributed by atoms with van der Waals surface area (Å²) in [6.45, 7) is 0. The minimum Gasteiger partial charge on any atom is -0.340 e. The quantitative estimate of drug-likeness (QED) is 0.788. The van der Waals surface area contributed by atoms with Crippen LogP contribution >= 0.6 is 11.3 Å². The van der Waals surface area contributed by atoms with E-state index in [4.69, 9.17) is 5.73 Å². The van der Waals surface area contributed by atoms with E-state index in [0.29, 0.717) is 0 Å². The van der Waals surface area contributed by atoms with E-state index in [1.807, 2.05) is 6.20 Å². The Bertz CT molecular complexity index is 440. The van der Waals surface area contributed by atoms with Crippen LogP contribution in [0.2, 0.25) is 0 Å². The molecule has 2 heterocycles. The zero-order chi connectivity index (χ0) is 9.60. The summed E-state index contributed by atoms with van der Waals surface area (Å²) in [5.41, 5.74) is 8.15. The second-order valence-corrected chi connectivity index (χ2v) is 4.59. The molecule has 1 saturated carbocycles. The van der Waals surface area contributed by atoms with E-state index in [9.17, 15) is 0 Å². The SMILES string of the molecule is NC1(c2ncc(-c3ccsc3)[nH]2)CC1. The van der Waals surface area contributed by atoms with Gasteiger partial charge < -0.3 is 10.7 Å². The summed E-state index contributed by atoms with van der Waals surface area (Å²) in [6.07, 6.45) is 3.96. The summed E-state index contributed by atoms with van der Waals surface area (Å²) in [5, 5.41) is 4.17. The van der Waals surface area contributed by atoms with Gasteiger partial charge in [-0.15, -0.1) is 0 Å². The largest absolute Gasteiger partial charge is 0.340 e. The van der Waals surface area contributed by atoms with Crippen LogP contribution in [-0.4, -0.2) is 9.97 Å². The fourth-order valence-electron chi connectivity index (χ4n) is 1.51. The highest BCUT2D eigenvalue weighted by Gasteiger charge is 2.42. The summed E-state index contributed by atoms with van der Waals surface area (Å²) in [4.78, 5) is 7.62. The van der Waals surface area contributed by atoms with Crippen LogP contribution in [0.3, 0.4) is 0 Å². The van der Waals surface area contributed by atoms with Gasteiger partial charge in [0.1, 0.15) is 5.82 Å². The zero-order valence-corrected chi connectivity index (χ0v) is 8.47. The smallest absolute Gasteiger partial charge is 0.126 e. The molecule has 3 nitrogen and oxygen atoms in total. The molecule has 0 unspecified atom stereocenters. The normalized spacial score (nSPS) is 18.4. The monoisotopic (exact) mass is 205 g/mol. The van der Waals surface area contributed by atoms with Crippen molar-refractivity contribution in [2.24, 2.45) is 5.73 Å². The first-order valence-electron chi connectivity index (χ1n) is 4.65. The first kappa shape index (κ1) is 8.20. The lowest BCUT2D eigenvalue weighted by Crippen LogP contribution is -2.20. The number of nitrogens with one attached hydrogen (secondary N) is 1. The highest BCUT2D eigenvalue weighted by atomic mass is 32.1. The number of hydrogen-bond donors (Lipinski definition) is 2. The lowest BCUT2D eigenvalue weighted by atomic mass is 10.2. The molecule has 3 N–H and O–H groups in total. The van der Waals surface area contributed by atoms with E-state index in [2.05, 4.69) is 26.8 Å². The Kier molecular flexibility index (Phi) is 1.57. The Balaban J connectivity index is 1.98. The summed E-state index contributed by atoms with van der Waals surface area (Å²) in [5.74, 6) is 0.929. The van der Waals surface area contributed by atoms with Crippen LogP contribution in [0.1, 0.15) is 18.7 Å². The van der Waals surface area contributed by atoms with Crippen molar-refractivity contribution in [1.82, 2.24) is 9.97 Å². The van der Waals surface area contributed by atoms with Crippen molar-refractivity contribution in [1.29, 1.82) is 0 Å². The van der Waals surface area contributed by atoms with Gasteiger partial charge in [-0.2, -0.15) is 11.3 Å². The highest BCUT2D eigenvalue weighted by Crippen LogP contribution is 2.41. The molecular weight excluding hydrogens is 194 g/mol. The molecule has 14 heavy (non-hydrogen) atoms. The van der Waals surface area contributed by atoms with Gasteiger partial charge in [0.2, 0.25) is 0 Å². The molecule has 0 saturated heterocycles. The number of imidazole rings is 1. The van der Waals surface area contributed by atoms with Gasteiger partial charge in [-0.1, -0.05) is 0 Å². The minimum atomic E-state index is -0.158. The topological polar surface area (TPSA) is 54.7 Å². The van der Waals surface area contributed by atoms with Crippen molar-refractivity contribution in [3.63, 3.8) is 0 Å². The number of H-pyrrole nitrogens is 1. The summed E-state index contributed by atoms with van der Waals surface area (Å²) in [6, 6.07) is 2.08. The molecule has 0 aliphatic heterocycles. The molecule has 72 valence electrons. The average molecular weight is 205 g/mol. The predicted molar refractivity (Wildman–Crippen MR) is 57.0 cm³/mol. The molecule has 2 aromatic rings. The van der Waals surface area contributed by atoms with Crippen molar-refractivity contribution < 1.29 is 0 Å². The number of nitrogens with zero attached hydrogens (tertiary/aromatic N) is 1. The lowest BCUT2D eigenvalue weighted by Gasteiger charge is -2.02. The average Bonchev–Trinajstić information content (AvgIpc) is 2.73. The van der Waals surface area contributed by atoms with Crippen LogP contribution in [0.15, 0.2) is 23.0 Å². The number of aromatic nitrogens is 2. The molecule has 4 heteroatoms. The second-order valence-electron chi connectivity index (χ2n) is 3.81. The maximum atomic E-state index is 6.04. The van der Waals surface area contributed by atoms with Crippen LogP contribution in [0.4, 0.5) is 0 Å². The zero-order valence-electron chi connectivity index (χ0n) is 7.66. The van der Waals surface area contributed by atoms with Gasteiger partial charge in [-0.05, 0) is 24.3 Å². The molecule has 0 radical (unpaired) electrons. The second kappa shape index (κ2) is 2.68. The van der Waals surface area contributed by atoms with Gasteiger partial charge in [0.15, 0.2) is 0 Å². The number of hydrogen-bond acceptors (Lipinski definition) is 3. The number of aromatic amines is 1. The summed E-state index contributed by atoms with van der Waals surface area (Å²) < 4.78 is 0. The van der Waals surface area contributed by atoms with Gasteiger partial charge >= 0.3 is 0 Å². The first-order chi connectivity index (χ1) is 6.78.